The van der Waals surface area contributed by atoms with E-state index < -0.39 is 0 Å². The number of hydrogen-bond donors (Lipinski definition) is 1. The molecule has 0 atom stereocenters. The van der Waals surface area contributed by atoms with Crippen LogP contribution in [0, 0.1) is 23.0 Å². The summed E-state index contributed by atoms with van der Waals surface area (Å²) in [5.74, 6) is 1.12. The first-order valence-electron chi connectivity index (χ1n) is 6.75. The van der Waals surface area contributed by atoms with E-state index in [0.29, 0.717) is 17.4 Å². The van der Waals surface area contributed by atoms with Gasteiger partial charge in [0.25, 0.3) is 0 Å². The maximum Gasteiger partial charge on any atom is 0.333 e. The summed E-state index contributed by atoms with van der Waals surface area (Å²) >= 11 is 0. The van der Waals surface area contributed by atoms with Crippen LogP contribution in [-0.4, -0.2) is 20.2 Å². The summed E-state index contributed by atoms with van der Waals surface area (Å²) in [6, 6.07) is 0.0879. The van der Waals surface area contributed by atoms with E-state index in [1.54, 1.807) is 11.6 Å². The largest absolute Gasteiger partial charge is 0.359 e. The topological polar surface area (TPSA) is 73.0 Å². The van der Waals surface area contributed by atoms with E-state index in [9.17, 15) is 10.1 Å². The van der Waals surface area contributed by atoms with Crippen molar-refractivity contribution in [2.24, 2.45) is 5.92 Å². The van der Waals surface area contributed by atoms with Crippen molar-refractivity contribution in [1.29, 1.82) is 0 Å². The highest BCUT2D eigenvalue weighted by Gasteiger charge is 2.40. The highest BCUT2D eigenvalue weighted by molar-refractivity contribution is 5.61. The van der Waals surface area contributed by atoms with Crippen molar-refractivity contribution in [2.45, 2.75) is 59.0 Å². The van der Waals surface area contributed by atoms with Gasteiger partial charge in [0.05, 0.1) is 4.92 Å². The van der Waals surface area contributed by atoms with Gasteiger partial charge in [-0.25, -0.2) is 4.68 Å². The molecular formula is C13H22N4O2. The first-order chi connectivity index (χ1) is 8.74. The molecule has 1 saturated carbocycles. The van der Waals surface area contributed by atoms with E-state index in [2.05, 4.69) is 24.3 Å². The molecule has 0 aliphatic heterocycles. The second-order valence-electron chi connectivity index (χ2n) is 6.20. The van der Waals surface area contributed by atoms with Gasteiger partial charge in [0.2, 0.25) is 5.82 Å². The van der Waals surface area contributed by atoms with Crippen molar-refractivity contribution in [2.75, 3.05) is 5.32 Å². The van der Waals surface area contributed by atoms with Gasteiger partial charge in [-0.1, -0.05) is 0 Å². The van der Waals surface area contributed by atoms with E-state index in [0.717, 1.165) is 0 Å². The Bertz CT molecular complexity index is 501. The summed E-state index contributed by atoms with van der Waals surface area (Å²) in [6.07, 6.45) is 2.37. The standard InChI is InChI=1S/C13H22N4O2/c1-8(2)16-12(11(17(18)19)9(3)15-16)14-13(4,5)10-6-7-10/h8,10,14H,6-7H2,1-5H3. The molecule has 0 aromatic carbocycles. The van der Waals surface area contributed by atoms with Gasteiger partial charge in [0.15, 0.2) is 0 Å². The van der Waals surface area contributed by atoms with Crippen molar-refractivity contribution in [3.63, 3.8) is 0 Å². The molecule has 0 amide bonds. The molecule has 1 aromatic heterocycles. The Morgan fingerprint density at radius 1 is 1.47 bits per heavy atom. The lowest BCUT2D eigenvalue weighted by Crippen LogP contribution is -2.34. The van der Waals surface area contributed by atoms with Crippen LogP contribution in [0.5, 0.6) is 0 Å². The zero-order valence-corrected chi connectivity index (χ0v) is 12.2. The Morgan fingerprint density at radius 3 is 2.47 bits per heavy atom. The zero-order valence-electron chi connectivity index (χ0n) is 12.2. The molecule has 0 saturated heterocycles. The van der Waals surface area contributed by atoms with Crippen LogP contribution in [0.15, 0.2) is 0 Å². The van der Waals surface area contributed by atoms with E-state index >= 15 is 0 Å². The van der Waals surface area contributed by atoms with Crippen molar-refractivity contribution in [1.82, 2.24) is 9.78 Å². The lowest BCUT2D eigenvalue weighted by molar-refractivity contribution is -0.384. The molecule has 1 heterocycles. The van der Waals surface area contributed by atoms with E-state index in [-0.39, 0.29) is 22.2 Å². The van der Waals surface area contributed by atoms with Gasteiger partial charge in [-0.3, -0.25) is 10.1 Å². The lowest BCUT2D eigenvalue weighted by atomic mass is 9.99. The second kappa shape index (κ2) is 4.51. The molecule has 19 heavy (non-hydrogen) atoms. The van der Waals surface area contributed by atoms with Gasteiger partial charge in [-0.2, -0.15) is 5.10 Å². The number of nitrogens with zero attached hydrogens (tertiary/aromatic N) is 3. The Hall–Kier alpha value is -1.59. The molecule has 1 aliphatic carbocycles. The normalized spacial score (nSPS) is 15.9. The molecule has 1 aliphatic rings. The van der Waals surface area contributed by atoms with Gasteiger partial charge in [-0.05, 0) is 53.4 Å². The average Bonchev–Trinajstić information content (AvgIpc) is 3.04. The van der Waals surface area contributed by atoms with E-state index in [1.165, 1.54) is 12.8 Å². The molecule has 1 aromatic rings. The molecule has 0 bridgehead atoms. The monoisotopic (exact) mass is 266 g/mol. The van der Waals surface area contributed by atoms with E-state index in [1.807, 2.05) is 13.8 Å². The molecule has 6 nitrogen and oxygen atoms in total. The Labute approximate surface area is 113 Å². The summed E-state index contributed by atoms with van der Waals surface area (Å²) in [7, 11) is 0. The third kappa shape index (κ3) is 2.57. The molecule has 1 N–H and O–H groups in total. The van der Waals surface area contributed by atoms with Crippen molar-refractivity contribution in [3.8, 4) is 0 Å². The number of anilines is 1. The van der Waals surface area contributed by atoms with Crippen LogP contribution in [0.1, 0.15) is 52.3 Å². The first-order valence-corrected chi connectivity index (χ1v) is 6.75. The molecular weight excluding hydrogens is 244 g/mol. The zero-order chi connectivity index (χ0) is 14.4. The highest BCUT2D eigenvalue weighted by Crippen LogP contribution is 2.43. The molecule has 0 unspecified atom stereocenters. The molecule has 2 rings (SSSR count). The maximum absolute atomic E-state index is 11.3. The minimum atomic E-state index is -0.341. The summed E-state index contributed by atoms with van der Waals surface area (Å²) in [4.78, 5) is 10.9. The number of aryl methyl sites for hydroxylation is 1. The van der Waals surface area contributed by atoms with Gasteiger partial charge >= 0.3 is 5.69 Å². The maximum atomic E-state index is 11.3. The molecule has 1 fully saturated rings. The predicted molar refractivity (Wildman–Crippen MR) is 74.4 cm³/mol. The van der Waals surface area contributed by atoms with Crippen LogP contribution < -0.4 is 5.32 Å². The SMILES string of the molecule is Cc1nn(C(C)C)c(NC(C)(C)C2CC2)c1[N+](=O)[O-]. The van der Waals surface area contributed by atoms with Gasteiger partial charge < -0.3 is 5.32 Å². The Kier molecular flexibility index (Phi) is 3.28. The second-order valence-corrected chi connectivity index (χ2v) is 6.20. The number of hydrogen-bond acceptors (Lipinski definition) is 4. The Morgan fingerprint density at radius 2 is 2.05 bits per heavy atom. The number of rotatable bonds is 5. The number of nitrogens with one attached hydrogen (secondary N) is 1. The van der Waals surface area contributed by atoms with Crippen molar-refractivity contribution < 1.29 is 4.92 Å². The van der Waals surface area contributed by atoms with Crippen LogP contribution in [0.3, 0.4) is 0 Å². The Balaban J connectivity index is 2.43. The summed E-state index contributed by atoms with van der Waals surface area (Å²) in [5.41, 5.74) is 0.430. The van der Waals surface area contributed by atoms with Crippen LogP contribution in [0.2, 0.25) is 0 Å². The number of aromatic nitrogens is 2. The molecule has 0 spiro atoms. The summed E-state index contributed by atoms with van der Waals surface area (Å²) < 4.78 is 1.72. The fourth-order valence-corrected chi connectivity index (χ4v) is 2.46. The minimum absolute atomic E-state index is 0.0879. The van der Waals surface area contributed by atoms with Gasteiger partial charge in [0.1, 0.15) is 5.69 Å². The van der Waals surface area contributed by atoms with Gasteiger partial charge in [-0.15, -0.1) is 0 Å². The van der Waals surface area contributed by atoms with Crippen LogP contribution in [-0.2, 0) is 0 Å². The first kappa shape index (κ1) is 13.8. The minimum Gasteiger partial charge on any atom is -0.359 e. The third-order valence-corrected chi connectivity index (χ3v) is 3.76. The molecule has 106 valence electrons. The fraction of sp³-hybridized carbons (Fsp3) is 0.769. The number of nitro groups is 1. The lowest BCUT2D eigenvalue weighted by Gasteiger charge is -2.27. The average molecular weight is 266 g/mol. The quantitative estimate of drug-likeness (QED) is 0.655. The highest BCUT2D eigenvalue weighted by atomic mass is 16.6. The smallest absolute Gasteiger partial charge is 0.333 e. The van der Waals surface area contributed by atoms with Gasteiger partial charge in [0, 0.05) is 11.6 Å². The molecule has 0 radical (unpaired) electrons. The van der Waals surface area contributed by atoms with Crippen molar-refractivity contribution in [3.05, 3.63) is 15.8 Å². The molecule has 6 heteroatoms. The van der Waals surface area contributed by atoms with Crippen LogP contribution in [0.4, 0.5) is 11.5 Å². The summed E-state index contributed by atoms with van der Waals surface area (Å²) in [6.45, 7) is 9.84. The predicted octanol–water partition coefficient (Wildman–Crippen LogP) is 3.28. The van der Waals surface area contributed by atoms with Crippen molar-refractivity contribution >= 4 is 11.5 Å². The summed E-state index contributed by atoms with van der Waals surface area (Å²) in [5, 5.41) is 18.9. The van der Waals surface area contributed by atoms with E-state index in [4.69, 9.17) is 0 Å². The fourth-order valence-electron chi connectivity index (χ4n) is 2.46. The van der Waals surface area contributed by atoms with Crippen LogP contribution >= 0.6 is 0 Å². The van der Waals surface area contributed by atoms with Crippen LogP contribution in [0.25, 0.3) is 0 Å². The third-order valence-electron chi connectivity index (χ3n) is 3.76.